The Labute approximate surface area is 258 Å². The van der Waals surface area contributed by atoms with Crippen LogP contribution in [0.3, 0.4) is 0 Å². The van der Waals surface area contributed by atoms with E-state index in [1.165, 1.54) is 11.1 Å². The first-order valence-electron chi connectivity index (χ1n) is 14.4. The van der Waals surface area contributed by atoms with Crippen molar-refractivity contribution in [3.05, 3.63) is 117 Å². The maximum atomic E-state index is 13.5. The molecular formula is C35H37ClN4O3. The SMILES string of the molecule is Cc1ccc([C@@H](C)NCc2ccc(-c3ccc(Cl)c(C(=O)N[C@@H](CC(=O)NC(C)C)Cc4ccc(C#N)cc4)c3)o2)cc1. The Morgan fingerprint density at radius 1 is 0.930 bits per heavy atom. The monoisotopic (exact) mass is 596 g/mol. The lowest BCUT2D eigenvalue weighted by atomic mass is 10.0. The van der Waals surface area contributed by atoms with Gasteiger partial charge in [-0.3, -0.25) is 9.59 Å². The zero-order valence-electron chi connectivity index (χ0n) is 24.9. The van der Waals surface area contributed by atoms with Gasteiger partial charge in [-0.1, -0.05) is 53.6 Å². The van der Waals surface area contributed by atoms with Crippen molar-refractivity contribution in [1.82, 2.24) is 16.0 Å². The Balaban J connectivity index is 1.46. The summed E-state index contributed by atoms with van der Waals surface area (Å²) in [5.74, 6) is 0.843. The molecule has 4 aromatic rings. The van der Waals surface area contributed by atoms with E-state index in [1.54, 1.807) is 24.3 Å². The number of hydrogen-bond donors (Lipinski definition) is 3. The molecule has 0 saturated carbocycles. The molecule has 2 atom stereocenters. The van der Waals surface area contributed by atoms with Gasteiger partial charge in [0.1, 0.15) is 11.5 Å². The Morgan fingerprint density at radius 2 is 1.65 bits per heavy atom. The molecule has 1 heterocycles. The molecule has 1 aromatic heterocycles. The molecule has 8 heteroatoms. The topological polar surface area (TPSA) is 107 Å². The molecule has 222 valence electrons. The molecule has 0 radical (unpaired) electrons. The highest BCUT2D eigenvalue weighted by molar-refractivity contribution is 6.34. The van der Waals surface area contributed by atoms with Crippen LogP contribution in [0.25, 0.3) is 11.3 Å². The number of rotatable bonds is 12. The summed E-state index contributed by atoms with van der Waals surface area (Å²) in [4.78, 5) is 26.1. The van der Waals surface area contributed by atoms with E-state index in [4.69, 9.17) is 21.3 Å². The first-order valence-corrected chi connectivity index (χ1v) is 14.8. The summed E-state index contributed by atoms with van der Waals surface area (Å²) in [5.41, 5.74) is 4.87. The van der Waals surface area contributed by atoms with E-state index in [0.29, 0.717) is 34.9 Å². The van der Waals surface area contributed by atoms with Gasteiger partial charge in [0.05, 0.1) is 28.8 Å². The van der Waals surface area contributed by atoms with Crippen molar-refractivity contribution < 1.29 is 14.0 Å². The smallest absolute Gasteiger partial charge is 0.253 e. The van der Waals surface area contributed by atoms with Crippen LogP contribution in [0.5, 0.6) is 0 Å². The third-order valence-electron chi connectivity index (χ3n) is 7.10. The number of hydrogen-bond acceptors (Lipinski definition) is 5. The number of halogens is 1. The van der Waals surface area contributed by atoms with Crippen LogP contribution in [0.15, 0.2) is 83.3 Å². The van der Waals surface area contributed by atoms with Gasteiger partial charge in [-0.25, -0.2) is 0 Å². The largest absolute Gasteiger partial charge is 0.460 e. The predicted molar refractivity (Wildman–Crippen MR) is 170 cm³/mol. The maximum Gasteiger partial charge on any atom is 0.253 e. The number of benzene rings is 3. The number of amides is 2. The number of nitrogens with one attached hydrogen (secondary N) is 3. The second kappa shape index (κ2) is 14.7. The van der Waals surface area contributed by atoms with Gasteiger partial charge < -0.3 is 20.4 Å². The van der Waals surface area contributed by atoms with E-state index < -0.39 is 6.04 Å². The normalized spacial score (nSPS) is 12.4. The molecule has 7 nitrogen and oxygen atoms in total. The van der Waals surface area contributed by atoms with Crippen molar-refractivity contribution in [3.8, 4) is 17.4 Å². The molecule has 2 amide bonds. The third-order valence-corrected chi connectivity index (χ3v) is 7.43. The summed E-state index contributed by atoms with van der Waals surface area (Å²) < 4.78 is 6.11. The van der Waals surface area contributed by atoms with E-state index in [2.05, 4.69) is 60.1 Å². The van der Waals surface area contributed by atoms with Crippen LogP contribution in [-0.4, -0.2) is 23.9 Å². The molecule has 3 N–H and O–H groups in total. The quantitative estimate of drug-likeness (QED) is 0.165. The zero-order valence-corrected chi connectivity index (χ0v) is 25.7. The van der Waals surface area contributed by atoms with Crippen molar-refractivity contribution in [2.75, 3.05) is 0 Å². The fourth-order valence-corrected chi connectivity index (χ4v) is 4.95. The van der Waals surface area contributed by atoms with Crippen LogP contribution in [0.1, 0.15) is 71.6 Å². The van der Waals surface area contributed by atoms with E-state index in [0.717, 1.165) is 11.3 Å². The molecular weight excluding hydrogens is 560 g/mol. The Morgan fingerprint density at radius 3 is 2.33 bits per heavy atom. The van der Waals surface area contributed by atoms with Gasteiger partial charge in [-0.05, 0) is 87.7 Å². The number of furan rings is 1. The summed E-state index contributed by atoms with van der Waals surface area (Å²) in [7, 11) is 0. The minimum atomic E-state index is -0.490. The average Bonchev–Trinajstić information content (AvgIpc) is 3.45. The second-order valence-corrected chi connectivity index (χ2v) is 11.5. The van der Waals surface area contributed by atoms with Crippen LogP contribution in [0, 0.1) is 18.3 Å². The Kier molecular flexibility index (Phi) is 10.8. The fraction of sp³-hybridized carbons (Fsp3) is 0.286. The minimum absolute atomic E-state index is 0.0240. The number of nitriles is 1. The number of carbonyl (C=O) groups excluding carboxylic acids is 2. The molecule has 43 heavy (non-hydrogen) atoms. The van der Waals surface area contributed by atoms with Crippen molar-refractivity contribution >= 4 is 23.4 Å². The summed E-state index contributed by atoms with van der Waals surface area (Å²) in [6.45, 7) is 8.50. The van der Waals surface area contributed by atoms with E-state index in [1.807, 2.05) is 44.2 Å². The summed E-state index contributed by atoms with van der Waals surface area (Å²) >= 11 is 6.48. The van der Waals surface area contributed by atoms with E-state index in [9.17, 15) is 9.59 Å². The summed E-state index contributed by atoms with van der Waals surface area (Å²) in [5, 5.41) is 18.8. The standard InChI is InChI=1S/C35H37ClN4O3/c1-22(2)39-34(41)19-29(17-25-7-9-26(20-37)10-8-25)40-35(42)31-18-28(13-15-32(31)36)33-16-14-30(43-33)21-38-24(4)27-11-5-23(3)6-12-27/h5-16,18,22,24,29,38H,17,19,21H2,1-4H3,(H,39,41)(H,40,42)/t24-,29-/m1/s1. The number of aryl methyl sites for hydroxylation is 1. The van der Waals surface area contributed by atoms with Gasteiger partial charge in [0.2, 0.25) is 5.91 Å². The highest BCUT2D eigenvalue weighted by atomic mass is 35.5. The lowest BCUT2D eigenvalue weighted by molar-refractivity contribution is -0.122. The fourth-order valence-electron chi connectivity index (χ4n) is 4.75. The summed E-state index contributed by atoms with van der Waals surface area (Å²) in [6.07, 6.45) is 0.507. The van der Waals surface area contributed by atoms with E-state index in [-0.39, 0.29) is 35.9 Å². The van der Waals surface area contributed by atoms with Crippen molar-refractivity contribution in [3.63, 3.8) is 0 Å². The van der Waals surface area contributed by atoms with Gasteiger partial charge in [-0.15, -0.1) is 0 Å². The van der Waals surface area contributed by atoms with Crippen molar-refractivity contribution in [2.24, 2.45) is 0 Å². The van der Waals surface area contributed by atoms with Crippen LogP contribution in [0.4, 0.5) is 0 Å². The molecule has 0 aliphatic carbocycles. The molecule has 0 fully saturated rings. The molecule has 0 unspecified atom stereocenters. The second-order valence-electron chi connectivity index (χ2n) is 11.1. The van der Waals surface area contributed by atoms with Gasteiger partial charge in [-0.2, -0.15) is 5.26 Å². The highest BCUT2D eigenvalue weighted by Gasteiger charge is 2.21. The number of nitrogens with zero attached hydrogens (tertiary/aromatic N) is 1. The third kappa shape index (κ3) is 9.05. The van der Waals surface area contributed by atoms with Crippen LogP contribution in [0.2, 0.25) is 5.02 Å². The molecule has 0 spiro atoms. The van der Waals surface area contributed by atoms with Crippen molar-refractivity contribution in [2.45, 2.75) is 65.2 Å². The van der Waals surface area contributed by atoms with Gasteiger partial charge in [0, 0.05) is 30.1 Å². The van der Waals surface area contributed by atoms with Crippen LogP contribution < -0.4 is 16.0 Å². The number of carbonyl (C=O) groups is 2. The van der Waals surface area contributed by atoms with Gasteiger partial charge in [0.15, 0.2) is 0 Å². The average molecular weight is 597 g/mol. The van der Waals surface area contributed by atoms with E-state index >= 15 is 0 Å². The molecule has 0 aliphatic rings. The van der Waals surface area contributed by atoms with Gasteiger partial charge in [0.25, 0.3) is 5.91 Å². The lowest BCUT2D eigenvalue weighted by Crippen LogP contribution is -2.42. The highest BCUT2D eigenvalue weighted by Crippen LogP contribution is 2.28. The molecule has 3 aromatic carbocycles. The molecule has 0 bridgehead atoms. The molecule has 4 rings (SSSR count). The van der Waals surface area contributed by atoms with Crippen LogP contribution in [-0.2, 0) is 17.8 Å². The Bertz CT molecular complexity index is 1590. The minimum Gasteiger partial charge on any atom is -0.460 e. The van der Waals surface area contributed by atoms with Crippen molar-refractivity contribution in [1.29, 1.82) is 5.26 Å². The Hall–Kier alpha value is -4.38. The molecule has 0 aliphatic heterocycles. The summed E-state index contributed by atoms with van der Waals surface area (Å²) in [6, 6.07) is 26.3. The lowest BCUT2D eigenvalue weighted by Gasteiger charge is -2.20. The first kappa shape index (κ1) is 31.6. The first-order chi connectivity index (χ1) is 20.6. The molecule has 0 saturated heterocycles. The predicted octanol–water partition coefficient (Wildman–Crippen LogP) is 6.89. The maximum absolute atomic E-state index is 13.5. The van der Waals surface area contributed by atoms with Crippen LogP contribution >= 0.6 is 11.6 Å². The zero-order chi connectivity index (χ0) is 30.9. The van der Waals surface area contributed by atoms with Gasteiger partial charge >= 0.3 is 0 Å².